The Labute approximate surface area is 202 Å². The van der Waals surface area contributed by atoms with E-state index in [0.717, 1.165) is 22.9 Å². The first kappa shape index (κ1) is 21.9. The average Bonchev–Trinajstić information content (AvgIpc) is 2.84. The van der Waals surface area contributed by atoms with Gasteiger partial charge in [0, 0.05) is 35.2 Å². The maximum atomic E-state index is 13.1. The molecule has 0 aliphatic carbocycles. The molecule has 5 nitrogen and oxygen atoms in total. The Bertz CT molecular complexity index is 1200. The average molecular weight is 478 g/mol. The summed E-state index contributed by atoms with van der Waals surface area (Å²) in [7, 11) is 0. The summed E-state index contributed by atoms with van der Waals surface area (Å²) in [6, 6.07) is 21.2. The molecule has 0 saturated heterocycles. The molecule has 5 rings (SSSR count). The second-order valence-electron chi connectivity index (χ2n) is 8.33. The van der Waals surface area contributed by atoms with Crippen molar-refractivity contribution in [3.8, 4) is 0 Å². The summed E-state index contributed by atoms with van der Waals surface area (Å²) in [5, 5.41) is 7.02. The van der Waals surface area contributed by atoms with Crippen LogP contribution in [0.25, 0.3) is 0 Å². The van der Waals surface area contributed by atoms with Gasteiger partial charge in [-0.1, -0.05) is 48.0 Å². The zero-order valence-corrected chi connectivity index (χ0v) is 19.6. The number of benzene rings is 3. The van der Waals surface area contributed by atoms with Gasteiger partial charge < -0.3 is 15.5 Å². The molecule has 3 aromatic carbocycles. The number of hydrogen-bond donors (Lipinski definition) is 2. The maximum Gasteiger partial charge on any atom is 0.254 e. The Morgan fingerprint density at radius 2 is 1.82 bits per heavy atom. The number of thioether (sulfide) groups is 1. The topological polar surface area (TPSA) is 61.4 Å². The van der Waals surface area contributed by atoms with Gasteiger partial charge in [-0.05, 0) is 53.4 Å². The van der Waals surface area contributed by atoms with Crippen LogP contribution in [-0.2, 0) is 23.5 Å². The van der Waals surface area contributed by atoms with Crippen molar-refractivity contribution in [1.29, 1.82) is 0 Å². The summed E-state index contributed by atoms with van der Waals surface area (Å²) < 4.78 is 0. The molecule has 0 saturated carbocycles. The normalized spacial score (nSPS) is 16.9. The lowest BCUT2D eigenvalue weighted by Gasteiger charge is -2.30. The van der Waals surface area contributed by atoms with Crippen LogP contribution in [0.2, 0.25) is 5.02 Å². The molecule has 168 valence electrons. The second kappa shape index (κ2) is 9.49. The minimum atomic E-state index is -0.324. The first-order chi connectivity index (χ1) is 16.1. The molecule has 1 unspecified atom stereocenters. The van der Waals surface area contributed by atoms with Crippen molar-refractivity contribution >= 4 is 46.6 Å². The van der Waals surface area contributed by atoms with E-state index in [9.17, 15) is 9.59 Å². The van der Waals surface area contributed by atoms with Crippen LogP contribution in [0.5, 0.6) is 0 Å². The molecular formula is C26H24ClN3O2S. The van der Waals surface area contributed by atoms with Crippen molar-refractivity contribution < 1.29 is 9.59 Å². The molecule has 33 heavy (non-hydrogen) atoms. The summed E-state index contributed by atoms with van der Waals surface area (Å²) in [6.45, 7) is 1.31. The zero-order chi connectivity index (χ0) is 22.8. The lowest BCUT2D eigenvalue weighted by Crippen LogP contribution is -2.41. The van der Waals surface area contributed by atoms with E-state index in [-0.39, 0.29) is 17.9 Å². The predicted octanol–water partition coefficient (Wildman–Crippen LogP) is 5.20. The van der Waals surface area contributed by atoms with Gasteiger partial charge in [-0.2, -0.15) is 11.8 Å². The third-order valence-corrected chi connectivity index (χ3v) is 7.41. The van der Waals surface area contributed by atoms with Gasteiger partial charge in [-0.3, -0.25) is 9.59 Å². The van der Waals surface area contributed by atoms with Crippen LogP contribution in [0, 0.1) is 0 Å². The lowest BCUT2D eigenvalue weighted by atomic mass is 9.99. The maximum absolute atomic E-state index is 13.1. The zero-order valence-electron chi connectivity index (χ0n) is 18.0. The summed E-state index contributed by atoms with van der Waals surface area (Å²) in [5.41, 5.74) is 5.76. The summed E-state index contributed by atoms with van der Waals surface area (Å²) in [6.07, 6.45) is 0.862. The van der Waals surface area contributed by atoms with Crippen LogP contribution < -0.4 is 10.6 Å². The Morgan fingerprint density at radius 1 is 1.03 bits per heavy atom. The summed E-state index contributed by atoms with van der Waals surface area (Å²) in [4.78, 5) is 27.7. The summed E-state index contributed by atoms with van der Waals surface area (Å²) >= 11 is 7.63. The molecule has 2 N–H and O–H groups in total. The molecule has 0 fully saturated rings. The Morgan fingerprint density at radius 3 is 2.64 bits per heavy atom. The molecule has 2 amide bonds. The van der Waals surface area contributed by atoms with E-state index in [1.165, 1.54) is 16.7 Å². The van der Waals surface area contributed by atoms with Gasteiger partial charge in [-0.25, -0.2) is 0 Å². The van der Waals surface area contributed by atoms with Gasteiger partial charge in [0.1, 0.15) is 6.04 Å². The van der Waals surface area contributed by atoms with Crippen molar-refractivity contribution in [3.63, 3.8) is 0 Å². The Hall–Kier alpha value is -2.96. The molecule has 2 aliphatic heterocycles. The van der Waals surface area contributed by atoms with E-state index in [2.05, 4.69) is 22.8 Å². The van der Waals surface area contributed by atoms with Gasteiger partial charge in [0.2, 0.25) is 5.91 Å². The van der Waals surface area contributed by atoms with Gasteiger partial charge in [0.15, 0.2) is 0 Å². The number of anilines is 2. The van der Waals surface area contributed by atoms with E-state index in [4.69, 9.17) is 11.6 Å². The monoisotopic (exact) mass is 477 g/mol. The van der Waals surface area contributed by atoms with Crippen LogP contribution >= 0.6 is 23.4 Å². The molecule has 2 heterocycles. The number of nitrogens with one attached hydrogen (secondary N) is 2. The van der Waals surface area contributed by atoms with E-state index in [0.29, 0.717) is 30.1 Å². The third-order valence-electron chi connectivity index (χ3n) is 6.05. The smallest absolute Gasteiger partial charge is 0.254 e. The van der Waals surface area contributed by atoms with Crippen molar-refractivity contribution in [3.05, 3.63) is 94.0 Å². The minimum absolute atomic E-state index is 0.0119. The number of rotatable bonds is 5. The Balaban J connectivity index is 1.22. The predicted molar refractivity (Wildman–Crippen MR) is 135 cm³/mol. The number of halogens is 1. The van der Waals surface area contributed by atoms with Gasteiger partial charge in [0.25, 0.3) is 5.91 Å². The molecule has 0 bridgehead atoms. The number of carbonyl (C=O) groups is 2. The van der Waals surface area contributed by atoms with E-state index >= 15 is 0 Å². The fourth-order valence-corrected chi connectivity index (χ4v) is 5.37. The van der Waals surface area contributed by atoms with Crippen molar-refractivity contribution in [1.82, 2.24) is 4.90 Å². The van der Waals surface area contributed by atoms with Gasteiger partial charge in [-0.15, -0.1) is 0 Å². The standard InChI is InChI=1S/C26H24ClN3O2S/c27-21-8-5-17(6-9-21)15-33-16-24-25(31)29-23-13-19(7-10-22(23)28-24)26(32)30-12-11-18-3-1-2-4-20(18)14-30/h1-10,13,24,28H,11-12,14-16H2,(H,29,31). The van der Waals surface area contributed by atoms with E-state index < -0.39 is 0 Å². The number of carbonyl (C=O) groups excluding carboxylic acids is 2. The minimum Gasteiger partial charge on any atom is -0.371 e. The number of fused-ring (bicyclic) bond motifs is 2. The lowest BCUT2D eigenvalue weighted by molar-refractivity contribution is -0.116. The number of amides is 2. The largest absolute Gasteiger partial charge is 0.371 e. The number of nitrogens with zero attached hydrogens (tertiary/aromatic N) is 1. The second-order valence-corrected chi connectivity index (χ2v) is 9.80. The quantitative estimate of drug-likeness (QED) is 0.530. The summed E-state index contributed by atoms with van der Waals surface area (Å²) in [5.74, 6) is 1.36. The molecule has 3 aromatic rings. The van der Waals surface area contributed by atoms with Crippen LogP contribution in [0.3, 0.4) is 0 Å². The highest BCUT2D eigenvalue weighted by Gasteiger charge is 2.27. The van der Waals surface area contributed by atoms with Crippen LogP contribution in [0.4, 0.5) is 11.4 Å². The molecule has 2 aliphatic rings. The van der Waals surface area contributed by atoms with Crippen LogP contribution in [-0.4, -0.2) is 35.1 Å². The highest BCUT2D eigenvalue weighted by molar-refractivity contribution is 7.98. The van der Waals surface area contributed by atoms with Crippen LogP contribution in [0.1, 0.15) is 27.0 Å². The van der Waals surface area contributed by atoms with Gasteiger partial charge in [0.05, 0.1) is 11.4 Å². The van der Waals surface area contributed by atoms with Gasteiger partial charge >= 0.3 is 0 Å². The SMILES string of the molecule is O=C1Nc2cc(C(=O)N3CCc4ccccc4C3)ccc2NC1CSCc1ccc(Cl)cc1. The first-order valence-corrected chi connectivity index (χ1v) is 12.5. The highest BCUT2D eigenvalue weighted by atomic mass is 35.5. The van der Waals surface area contributed by atoms with Crippen molar-refractivity contribution in [2.24, 2.45) is 0 Å². The molecule has 0 spiro atoms. The fraction of sp³-hybridized carbons (Fsp3) is 0.231. The Kier molecular flexibility index (Phi) is 6.29. The molecule has 0 radical (unpaired) electrons. The van der Waals surface area contributed by atoms with E-state index in [1.54, 1.807) is 17.8 Å². The van der Waals surface area contributed by atoms with E-state index in [1.807, 2.05) is 53.4 Å². The molecule has 0 aromatic heterocycles. The fourth-order valence-electron chi connectivity index (χ4n) is 4.22. The third kappa shape index (κ3) is 4.87. The van der Waals surface area contributed by atoms with Crippen molar-refractivity contribution in [2.45, 2.75) is 24.8 Å². The molecule has 7 heteroatoms. The highest BCUT2D eigenvalue weighted by Crippen LogP contribution is 2.30. The van der Waals surface area contributed by atoms with Crippen LogP contribution in [0.15, 0.2) is 66.7 Å². The molecular weight excluding hydrogens is 454 g/mol. The van der Waals surface area contributed by atoms with Crippen molar-refractivity contribution in [2.75, 3.05) is 22.9 Å². The first-order valence-electron chi connectivity index (χ1n) is 11.0. The molecule has 1 atom stereocenters. The number of hydrogen-bond acceptors (Lipinski definition) is 4.